The SMILES string of the molecule is C[C@@H]1NC(=O)CC/C=C\CN(c2ccccc2Cl)C(=O)[C@H]2N(CCCCCO)C(=O)[C@@H]3[C@@H](C(=O)O[C@H]1c1ccccc1)[C@H]1C=C[C@]32O1. The van der Waals surface area contributed by atoms with Crippen LogP contribution in [-0.2, 0) is 28.7 Å². The van der Waals surface area contributed by atoms with Gasteiger partial charge >= 0.3 is 5.97 Å². The fourth-order valence-corrected chi connectivity index (χ4v) is 7.61. The Morgan fingerprint density at radius 2 is 1.74 bits per heavy atom. The van der Waals surface area contributed by atoms with Crippen LogP contribution in [0.2, 0.25) is 5.02 Å². The Morgan fingerprint density at radius 1 is 0.979 bits per heavy atom. The van der Waals surface area contributed by atoms with Crippen molar-refractivity contribution in [3.05, 3.63) is 89.5 Å². The van der Waals surface area contributed by atoms with Crippen molar-refractivity contribution in [3.63, 3.8) is 0 Å². The third-order valence-corrected chi connectivity index (χ3v) is 9.87. The van der Waals surface area contributed by atoms with Crippen LogP contribution in [0.3, 0.4) is 0 Å². The van der Waals surface area contributed by atoms with Gasteiger partial charge in [-0.2, -0.15) is 0 Å². The molecule has 2 N–H and O–H groups in total. The molecule has 11 heteroatoms. The minimum atomic E-state index is -1.39. The van der Waals surface area contributed by atoms with Crippen LogP contribution in [0, 0.1) is 11.8 Å². The highest BCUT2D eigenvalue weighted by Gasteiger charge is 2.73. The number of aliphatic hydroxyl groups is 1. The molecule has 0 saturated carbocycles. The molecule has 0 unspecified atom stereocenters. The predicted octanol–water partition coefficient (Wildman–Crippen LogP) is 4.13. The van der Waals surface area contributed by atoms with Crippen LogP contribution in [0.1, 0.15) is 50.7 Å². The highest BCUT2D eigenvalue weighted by Crippen LogP contribution is 2.56. The lowest BCUT2D eigenvalue weighted by molar-refractivity contribution is -0.161. The number of unbranched alkanes of at least 4 members (excludes halogenated alkanes) is 2. The van der Waals surface area contributed by atoms with Gasteiger partial charge < -0.3 is 29.7 Å². The quantitative estimate of drug-likeness (QED) is 0.260. The van der Waals surface area contributed by atoms with E-state index in [0.29, 0.717) is 42.0 Å². The Bertz CT molecular complexity index is 1560. The molecule has 248 valence electrons. The second-order valence-electron chi connectivity index (χ2n) is 12.6. The number of halogens is 1. The predicted molar refractivity (Wildman–Crippen MR) is 175 cm³/mol. The molecule has 2 aromatic rings. The number of allylic oxidation sites excluding steroid dienone is 1. The molecule has 2 saturated heterocycles. The number of para-hydroxylation sites is 1. The number of carbonyl (C=O) groups is 4. The lowest BCUT2D eigenvalue weighted by atomic mass is 9.74. The lowest BCUT2D eigenvalue weighted by Gasteiger charge is -2.36. The smallest absolute Gasteiger partial charge is 0.313 e. The normalized spacial score (nSPS) is 31.6. The van der Waals surface area contributed by atoms with Gasteiger partial charge in [0.2, 0.25) is 11.8 Å². The van der Waals surface area contributed by atoms with Crippen LogP contribution in [0.25, 0.3) is 0 Å². The Labute approximate surface area is 279 Å². The van der Waals surface area contributed by atoms with E-state index in [2.05, 4.69) is 5.32 Å². The number of ether oxygens (including phenoxy) is 2. The van der Waals surface area contributed by atoms with Crippen LogP contribution in [0.5, 0.6) is 0 Å². The van der Waals surface area contributed by atoms with Crippen molar-refractivity contribution in [1.82, 2.24) is 10.2 Å². The molecular weight excluding hydrogens is 622 g/mol. The average molecular weight is 662 g/mol. The molecule has 1 spiro atoms. The summed E-state index contributed by atoms with van der Waals surface area (Å²) in [7, 11) is 0. The van der Waals surface area contributed by atoms with E-state index < -0.39 is 53.6 Å². The average Bonchev–Trinajstić information content (AvgIpc) is 3.71. The van der Waals surface area contributed by atoms with Crippen LogP contribution < -0.4 is 10.2 Å². The molecule has 0 aliphatic carbocycles. The number of likely N-dealkylation sites (tertiary alicyclic amines) is 1. The van der Waals surface area contributed by atoms with E-state index in [1.807, 2.05) is 42.5 Å². The Hall–Kier alpha value is -3.99. The van der Waals surface area contributed by atoms with E-state index >= 15 is 0 Å². The summed E-state index contributed by atoms with van der Waals surface area (Å²) in [5, 5.41) is 12.7. The van der Waals surface area contributed by atoms with Crippen LogP contribution in [-0.4, -0.2) is 77.2 Å². The number of aliphatic hydroxyl groups excluding tert-OH is 1. The standard InChI is InChI=1S/C36H40ClN3O7/c1-23-31(24-13-5-2-6-14-24)46-35(45)29-27-18-19-36(47-27)30(29)33(43)40(21-11-4-12-22-41)32(36)34(44)39(26-16-9-8-15-25(26)37)20-10-3-7-17-28(42)38-23/h2-3,5-6,8-10,13-16,18-19,23,27,29-32,41H,4,7,11-12,17,20-22H2,1H3,(H,38,42)/b10-3-/t23-,27+,29-,30-,31+,32+,36-/m0/s1. The Morgan fingerprint density at radius 3 is 2.51 bits per heavy atom. The topological polar surface area (TPSA) is 125 Å². The number of benzene rings is 2. The van der Waals surface area contributed by atoms with Crippen molar-refractivity contribution in [2.75, 3.05) is 24.6 Å². The summed E-state index contributed by atoms with van der Waals surface area (Å²) in [5.41, 5.74) is -0.217. The first-order chi connectivity index (χ1) is 22.8. The number of esters is 1. The fourth-order valence-electron chi connectivity index (χ4n) is 7.37. The van der Waals surface area contributed by atoms with E-state index in [1.165, 1.54) is 4.90 Å². The maximum absolute atomic E-state index is 14.8. The molecule has 4 aliphatic heterocycles. The van der Waals surface area contributed by atoms with E-state index in [4.69, 9.17) is 21.1 Å². The number of nitrogens with one attached hydrogen (secondary N) is 1. The Balaban J connectivity index is 1.43. The Kier molecular flexibility index (Phi) is 9.82. The summed E-state index contributed by atoms with van der Waals surface area (Å²) in [6.45, 7) is 2.20. The molecule has 10 nitrogen and oxygen atoms in total. The third kappa shape index (κ3) is 6.22. The molecule has 6 rings (SSSR count). The summed E-state index contributed by atoms with van der Waals surface area (Å²) in [4.78, 5) is 59.5. The molecular formula is C36H40ClN3O7. The van der Waals surface area contributed by atoms with Gasteiger partial charge in [0.05, 0.1) is 28.8 Å². The second-order valence-corrected chi connectivity index (χ2v) is 13.0. The van der Waals surface area contributed by atoms with Gasteiger partial charge in [-0.25, -0.2) is 0 Å². The first-order valence-electron chi connectivity index (χ1n) is 16.3. The van der Waals surface area contributed by atoms with Gasteiger partial charge in [-0.3, -0.25) is 19.2 Å². The zero-order chi connectivity index (χ0) is 33.1. The van der Waals surface area contributed by atoms with Gasteiger partial charge in [0.25, 0.3) is 5.91 Å². The van der Waals surface area contributed by atoms with Crippen molar-refractivity contribution >= 4 is 41.0 Å². The zero-order valence-corrected chi connectivity index (χ0v) is 27.1. The van der Waals surface area contributed by atoms with Crippen molar-refractivity contribution in [1.29, 1.82) is 0 Å². The summed E-state index contributed by atoms with van der Waals surface area (Å²) in [6.07, 6.45) is 7.98. The lowest BCUT2D eigenvalue weighted by Crippen LogP contribution is -2.56. The van der Waals surface area contributed by atoms with Gasteiger partial charge in [-0.15, -0.1) is 0 Å². The van der Waals surface area contributed by atoms with Gasteiger partial charge in [-0.05, 0) is 50.3 Å². The highest BCUT2D eigenvalue weighted by molar-refractivity contribution is 6.34. The van der Waals surface area contributed by atoms with E-state index in [9.17, 15) is 24.3 Å². The largest absolute Gasteiger partial charge is 0.455 e. The molecule has 4 heterocycles. The maximum atomic E-state index is 14.8. The summed E-state index contributed by atoms with van der Waals surface area (Å²) < 4.78 is 12.7. The van der Waals surface area contributed by atoms with Gasteiger partial charge in [0.1, 0.15) is 23.7 Å². The first-order valence-corrected chi connectivity index (χ1v) is 16.7. The zero-order valence-electron chi connectivity index (χ0n) is 26.3. The van der Waals surface area contributed by atoms with Crippen molar-refractivity contribution < 1.29 is 33.8 Å². The van der Waals surface area contributed by atoms with E-state index in [-0.39, 0.29) is 37.9 Å². The van der Waals surface area contributed by atoms with Crippen molar-refractivity contribution in [2.24, 2.45) is 11.8 Å². The summed E-state index contributed by atoms with van der Waals surface area (Å²) in [6, 6.07) is 14.5. The molecule has 4 aliphatic rings. The van der Waals surface area contributed by atoms with Crippen LogP contribution in [0.4, 0.5) is 5.69 Å². The summed E-state index contributed by atoms with van der Waals surface area (Å²) in [5.74, 6) is -3.57. The van der Waals surface area contributed by atoms with E-state index in [0.717, 1.165) is 0 Å². The molecule has 0 aromatic heterocycles. The first kappa shape index (κ1) is 32.9. The molecule has 2 aromatic carbocycles. The van der Waals surface area contributed by atoms with Crippen molar-refractivity contribution in [3.8, 4) is 0 Å². The number of hydrogen-bond acceptors (Lipinski definition) is 7. The molecule has 2 fully saturated rings. The molecule has 47 heavy (non-hydrogen) atoms. The number of amides is 3. The number of carbonyl (C=O) groups excluding carboxylic acids is 4. The molecule has 3 amide bonds. The molecule has 5 bridgehead atoms. The van der Waals surface area contributed by atoms with Crippen molar-refractivity contribution in [2.45, 2.75) is 68.9 Å². The minimum absolute atomic E-state index is 0.0262. The van der Waals surface area contributed by atoms with E-state index in [1.54, 1.807) is 48.2 Å². The van der Waals surface area contributed by atoms with Gasteiger partial charge in [0.15, 0.2) is 0 Å². The second kappa shape index (κ2) is 14.0. The highest BCUT2D eigenvalue weighted by atomic mass is 35.5. The molecule has 7 atom stereocenters. The summed E-state index contributed by atoms with van der Waals surface area (Å²) >= 11 is 6.63. The van der Waals surface area contributed by atoms with Crippen LogP contribution >= 0.6 is 11.6 Å². The number of fused-ring (bicyclic) bond motifs is 2. The monoisotopic (exact) mass is 661 g/mol. The fraction of sp³-hybridized carbons (Fsp3) is 0.444. The molecule has 0 radical (unpaired) electrons. The van der Waals surface area contributed by atoms with Gasteiger partial charge in [0, 0.05) is 26.1 Å². The van der Waals surface area contributed by atoms with Gasteiger partial charge in [-0.1, -0.05) is 78.4 Å². The number of hydrogen-bond donors (Lipinski definition) is 2. The third-order valence-electron chi connectivity index (χ3n) is 9.55. The number of anilines is 1. The maximum Gasteiger partial charge on any atom is 0.313 e. The minimum Gasteiger partial charge on any atom is -0.455 e. The number of nitrogens with zero attached hydrogens (tertiary/aromatic N) is 2. The van der Waals surface area contributed by atoms with Crippen LogP contribution in [0.15, 0.2) is 78.9 Å². The number of cyclic esters (lactones) is 1. The number of rotatable bonds is 7.